The fourth-order valence-electron chi connectivity index (χ4n) is 2.22. The van der Waals surface area contributed by atoms with Crippen molar-refractivity contribution >= 4 is 0 Å². The minimum Gasteiger partial charge on any atom is -0.396 e. The molecule has 0 radical (unpaired) electrons. The molecule has 1 nitrogen and oxygen atoms in total. The van der Waals surface area contributed by atoms with E-state index in [2.05, 4.69) is 31.2 Å². The first-order valence-electron chi connectivity index (χ1n) is 6.01. The van der Waals surface area contributed by atoms with E-state index < -0.39 is 0 Å². The number of aliphatic hydroxyl groups is 1. The summed E-state index contributed by atoms with van der Waals surface area (Å²) in [5, 5.41) is 9.57. The second-order valence-electron chi connectivity index (χ2n) is 4.43. The van der Waals surface area contributed by atoms with Crippen LogP contribution in [0.15, 0.2) is 54.6 Å². The van der Waals surface area contributed by atoms with Crippen LogP contribution in [-0.2, 0) is 6.42 Å². The van der Waals surface area contributed by atoms with Crippen LogP contribution in [0.3, 0.4) is 0 Å². The fraction of sp³-hybridized carbons (Fsp3) is 0.250. The van der Waals surface area contributed by atoms with Gasteiger partial charge in [0.05, 0.1) is 6.61 Å². The molecule has 2 rings (SSSR count). The van der Waals surface area contributed by atoms with Gasteiger partial charge in [0.1, 0.15) is 0 Å². The van der Waals surface area contributed by atoms with E-state index in [9.17, 15) is 5.11 Å². The Labute approximate surface area is 103 Å². The Kier molecular flexibility index (Phi) is 3.94. The Morgan fingerprint density at radius 1 is 0.941 bits per heavy atom. The molecule has 1 N–H and O–H groups in total. The number of aryl methyl sites for hydroxylation is 1. The lowest BCUT2D eigenvalue weighted by molar-refractivity contribution is 0.264. The maximum Gasteiger partial charge on any atom is 0.0503 e. The van der Waals surface area contributed by atoms with E-state index in [-0.39, 0.29) is 12.5 Å². The molecule has 2 aromatic carbocycles. The number of aliphatic hydroxyl groups excluding tert-OH is 1. The van der Waals surface area contributed by atoms with Gasteiger partial charge in [-0.1, -0.05) is 54.6 Å². The van der Waals surface area contributed by atoms with Gasteiger partial charge in [0.2, 0.25) is 0 Å². The van der Waals surface area contributed by atoms with E-state index in [1.165, 1.54) is 16.7 Å². The van der Waals surface area contributed by atoms with Crippen LogP contribution in [0.2, 0.25) is 0 Å². The maximum absolute atomic E-state index is 9.57. The van der Waals surface area contributed by atoms with Gasteiger partial charge in [-0.3, -0.25) is 0 Å². The summed E-state index contributed by atoms with van der Waals surface area (Å²) >= 11 is 0. The highest BCUT2D eigenvalue weighted by atomic mass is 16.3. The SMILES string of the molecule is Cc1ccccc1C(CO)Cc1ccccc1. The summed E-state index contributed by atoms with van der Waals surface area (Å²) in [6.45, 7) is 2.29. The lowest BCUT2D eigenvalue weighted by Crippen LogP contribution is -2.09. The summed E-state index contributed by atoms with van der Waals surface area (Å²) < 4.78 is 0. The minimum absolute atomic E-state index is 0.193. The number of hydrogen-bond acceptors (Lipinski definition) is 1. The quantitative estimate of drug-likeness (QED) is 0.848. The average Bonchev–Trinajstić information content (AvgIpc) is 2.38. The Morgan fingerprint density at radius 2 is 1.59 bits per heavy atom. The summed E-state index contributed by atoms with van der Waals surface area (Å²) in [7, 11) is 0. The number of benzene rings is 2. The van der Waals surface area contributed by atoms with Gasteiger partial charge in [-0.25, -0.2) is 0 Å². The van der Waals surface area contributed by atoms with E-state index in [0.29, 0.717) is 0 Å². The first-order chi connectivity index (χ1) is 8.31. The molecule has 1 atom stereocenters. The van der Waals surface area contributed by atoms with Crippen LogP contribution >= 0.6 is 0 Å². The third-order valence-corrected chi connectivity index (χ3v) is 3.17. The van der Waals surface area contributed by atoms with Gasteiger partial charge in [0.25, 0.3) is 0 Å². The molecule has 17 heavy (non-hydrogen) atoms. The highest BCUT2D eigenvalue weighted by molar-refractivity contribution is 5.31. The van der Waals surface area contributed by atoms with E-state index in [1.807, 2.05) is 30.3 Å². The zero-order valence-electron chi connectivity index (χ0n) is 10.1. The predicted molar refractivity (Wildman–Crippen MR) is 71.2 cm³/mol. The van der Waals surface area contributed by atoms with E-state index in [0.717, 1.165) is 6.42 Å². The second kappa shape index (κ2) is 5.65. The Bertz CT molecular complexity index is 462. The van der Waals surface area contributed by atoms with Crippen molar-refractivity contribution in [2.45, 2.75) is 19.3 Å². The van der Waals surface area contributed by atoms with E-state index >= 15 is 0 Å². The molecule has 0 aliphatic carbocycles. The predicted octanol–water partition coefficient (Wildman–Crippen LogP) is 3.31. The van der Waals surface area contributed by atoms with Crippen LogP contribution in [0.1, 0.15) is 22.6 Å². The van der Waals surface area contributed by atoms with Crippen molar-refractivity contribution in [3.63, 3.8) is 0 Å². The zero-order chi connectivity index (χ0) is 12.1. The van der Waals surface area contributed by atoms with Crippen LogP contribution in [0.25, 0.3) is 0 Å². The zero-order valence-corrected chi connectivity index (χ0v) is 10.1. The van der Waals surface area contributed by atoms with Crippen molar-refractivity contribution in [1.29, 1.82) is 0 Å². The monoisotopic (exact) mass is 226 g/mol. The lowest BCUT2D eigenvalue weighted by atomic mass is 9.90. The molecular formula is C16H18O. The molecule has 1 heteroatoms. The summed E-state index contributed by atoms with van der Waals surface area (Å²) in [5.74, 6) is 0.193. The molecule has 0 bridgehead atoms. The molecule has 1 unspecified atom stereocenters. The molecule has 0 saturated carbocycles. The molecule has 0 heterocycles. The molecule has 88 valence electrons. The molecule has 0 saturated heterocycles. The van der Waals surface area contributed by atoms with E-state index in [4.69, 9.17) is 0 Å². The summed E-state index contributed by atoms with van der Waals surface area (Å²) in [6.07, 6.45) is 0.891. The van der Waals surface area contributed by atoms with Crippen LogP contribution in [0.4, 0.5) is 0 Å². The Balaban J connectivity index is 2.21. The number of hydrogen-bond donors (Lipinski definition) is 1. The average molecular weight is 226 g/mol. The molecule has 0 fully saturated rings. The molecular weight excluding hydrogens is 208 g/mol. The first-order valence-corrected chi connectivity index (χ1v) is 6.01. The normalized spacial score (nSPS) is 12.4. The molecule has 0 aromatic heterocycles. The van der Waals surface area contributed by atoms with Crippen molar-refractivity contribution in [2.24, 2.45) is 0 Å². The largest absolute Gasteiger partial charge is 0.396 e. The highest BCUT2D eigenvalue weighted by Crippen LogP contribution is 2.23. The van der Waals surface area contributed by atoms with Crippen LogP contribution in [0.5, 0.6) is 0 Å². The molecule has 0 amide bonds. The third-order valence-electron chi connectivity index (χ3n) is 3.17. The van der Waals surface area contributed by atoms with Gasteiger partial charge in [-0.05, 0) is 30.0 Å². The van der Waals surface area contributed by atoms with Gasteiger partial charge >= 0.3 is 0 Å². The standard InChI is InChI=1S/C16H18O/c1-13-7-5-6-10-16(13)15(12-17)11-14-8-3-2-4-9-14/h2-10,15,17H,11-12H2,1H3. The van der Waals surface area contributed by atoms with Gasteiger partial charge < -0.3 is 5.11 Å². The van der Waals surface area contributed by atoms with Crippen molar-refractivity contribution in [3.8, 4) is 0 Å². The summed E-state index contributed by atoms with van der Waals surface area (Å²) in [4.78, 5) is 0. The molecule has 2 aromatic rings. The highest BCUT2D eigenvalue weighted by Gasteiger charge is 2.12. The fourth-order valence-corrected chi connectivity index (χ4v) is 2.22. The minimum atomic E-state index is 0.193. The van der Waals surface area contributed by atoms with E-state index in [1.54, 1.807) is 0 Å². The van der Waals surface area contributed by atoms with Gasteiger partial charge in [0, 0.05) is 5.92 Å². The Morgan fingerprint density at radius 3 is 2.24 bits per heavy atom. The lowest BCUT2D eigenvalue weighted by Gasteiger charge is -2.17. The third kappa shape index (κ3) is 2.95. The maximum atomic E-state index is 9.57. The molecule has 0 aliphatic heterocycles. The molecule has 0 aliphatic rings. The summed E-state index contributed by atoms with van der Waals surface area (Å²) in [5.41, 5.74) is 3.77. The van der Waals surface area contributed by atoms with Crippen molar-refractivity contribution in [2.75, 3.05) is 6.61 Å². The first kappa shape index (κ1) is 11.9. The van der Waals surface area contributed by atoms with Crippen LogP contribution in [0, 0.1) is 6.92 Å². The Hall–Kier alpha value is -1.60. The van der Waals surface area contributed by atoms with Crippen molar-refractivity contribution < 1.29 is 5.11 Å². The summed E-state index contributed by atoms with van der Waals surface area (Å²) in [6, 6.07) is 18.6. The second-order valence-corrected chi connectivity index (χ2v) is 4.43. The van der Waals surface area contributed by atoms with Crippen LogP contribution < -0.4 is 0 Å². The van der Waals surface area contributed by atoms with Gasteiger partial charge in [-0.15, -0.1) is 0 Å². The van der Waals surface area contributed by atoms with Gasteiger partial charge in [0.15, 0.2) is 0 Å². The molecule has 0 spiro atoms. The topological polar surface area (TPSA) is 20.2 Å². The van der Waals surface area contributed by atoms with Crippen LogP contribution in [-0.4, -0.2) is 11.7 Å². The van der Waals surface area contributed by atoms with Crippen molar-refractivity contribution in [3.05, 3.63) is 71.3 Å². The smallest absolute Gasteiger partial charge is 0.0503 e. The van der Waals surface area contributed by atoms with Gasteiger partial charge in [-0.2, -0.15) is 0 Å². The van der Waals surface area contributed by atoms with Crippen molar-refractivity contribution in [1.82, 2.24) is 0 Å². The number of rotatable bonds is 4.